The lowest BCUT2D eigenvalue weighted by molar-refractivity contribution is 0.0299. The molecule has 3 fully saturated rings. The van der Waals surface area contributed by atoms with E-state index in [9.17, 15) is 4.39 Å². The Balaban J connectivity index is 1.06. The van der Waals surface area contributed by atoms with Crippen LogP contribution in [0.5, 0.6) is 0 Å². The number of piperazine rings is 2. The van der Waals surface area contributed by atoms with Crippen molar-refractivity contribution >= 4 is 0 Å². The molecule has 4 aromatic carbocycles. The first-order valence-corrected chi connectivity index (χ1v) is 19.2. The van der Waals surface area contributed by atoms with E-state index < -0.39 is 0 Å². The number of likely N-dealkylation sites (tertiary alicyclic amines) is 1. The van der Waals surface area contributed by atoms with E-state index in [1.165, 1.54) is 42.6 Å². The highest BCUT2D eigenvalue weighted by molar-refractivity contribution is 5.20. The molecule has 5 nitrogen and oxygen atoms in total. The van der Waals surface area contributed by atoms with Crippen molar-refractivity contribution in [2.24, 2.45) is 0 Å². The summed E-state index contributed by atoms with van der Waals surface area (Å²) in [5, 5.41) is 3.69. The zero-order valence-electron chi connectivity index (χ0n) is 29.8. The van der Waals surface area contributed by atoms with Crippen molar-refractivity contribution in [1.29, 1.82) is 0 Å². The maximum atomic E-state index is 14.0. The molecule has 3 aliphatic rings. The standard InChI is InChI=1S/C44H56FN5/c45-40-19-10-18-39(28-40)21-24-47-26-27-50(34-43(47)30-37-14-6-2-7-15-37)44(31-38-16-8-3-9-17-38)35-48-23-11-20-41(48)33-49-25-22-46-32-42(49)29-36-12-4-1-5-13-36/h1-10,12-19,28,41-44,46H,11,20-27,29-35H2/t41?,42-,43-,44-/m0/s1. The summed E-state index contributed by atoms with van der Waals surface area (Å²) in [5.41, 5.74) is 5.36. The van der Waals surface area contributed by atoms with Crippen LogP contribution in [0.1, 0.15) is 35.1 Å². The van der Waals surface area contributed by atoms with Gasteiger partial charge in [0.2, 0.25) is 0 Å². The molecule has 7 rings (SSSR count). The predicted octanol–water partition coefficient (Wildman–Crippen LogP) is 6.19. The smallest absolute Gasteiger partial charge is 0.123 e. The minimum absolute atomic E-state index is 0.138. The van der Waals surface area contributed by atoms with Crippen molar-refractivity contribution in [3.8, 4) is 0 Å². The summed E-state index contributed by atoms with van der Waals surface area (Å²) < 4.78 is 14.0. The van der Waals surface area contributed by atoms with Crippen LogP contribution in [0, 0.1) is 5.82 Å². The molecule has 0 aliphatic carbocycles. The summed E-state index contributed by atoms with van der Waals surface area (Å²) in [4.78, 5) is 11.2. The molecule has 0 aromatic heterocycles. The third-order valence-electron chi connectivity index (χ3n) is 11.5. The number of benzene rings is 4. The molecule has 0 saturated carbocycles. The van der Waals surface area contributed by atoms with Crippen molar-refractivity contribution in [3.05, 3.63) is 143 Å². The van der Waals surface area contributed by atoms with Crippen LogP contribution in [0.4, 0.5) is 4.39 Å². The Bertz CT molecular complexity index is 1570. The second kappa shape index (κ2) is 17.7. The first-order chi connectivity index (χ1) is 24.7. The van der Waals surface area contributed by atoms with E-state index >= 15 is 0 Å². The van der Waals surface area contributed by atoms with Gasteiger partial charge in [0.25, 0.3) is 0 Å². The van der Waals surface area contributed by atoms with Gasteiger partial charge in [-0.1, -0.05) is 103 Å². The molecule has 0 spiro atoms. The molecule has 264 valence electrons. The monoisotopic (exact) mass is 673 g/mol. The molecule has 4 aromatic rings. The zero-order chi connectivity index (χ0) is 34.0. The quantitative estimate of drug-likeness (QED) is 0.172. The van der Waals surface area contributed by atoms with Gasteiger partial charge in [-0.2, -0.15) is 0 Å². The molecular weight excluding hydrogens is 618 g/mol. The fraction of sp³-hybridized carbons (Fsp3) is 0.455. The number of hydrogen-bond acceptors (Lipinski definition) is 5. The van der Waals surface area contributed by atoms with Crippen molar-refractivity contribution in [2.75, 3.05) is 65.4 Å². The topological polar surface area (TPSA) is 25.0 Å². The number of hydrogen-bond donors (Lipinski definition) is 1. The summed E-state index contributed by atoms with van der Waals surface area (Å²) in [6.45, 7) is 10.9. The number of halogens is 1. The van der Waals surface area contributed by atoms with Crippen molar-refractivity contribution in [3.63, 3.8) is 0 Å². The SMILES string of the molecule is Fc1cccc(CCN2CCN([C@@H](Cc3ccccc3)CN3CCCC3CN3CCNC[C@@H]3Cc3ccccc3)C[C@@H]2Cc2ccccc2)c1. The van der Waals surface area contributed by atoms with Crippen LogP contribution < -0.4 is 5.32 Å². The van der Waals surface area contributed by atoms with Gasteiger partial charge in [-0.3, -0.25) is 19.6 Å². The molecular formula is C44H56FN5. The maximum Gasteiger partial charge on any atom is 0.123 e. The second-order valence-electron chi connectivity index (χ2n) is 14.9. The maximum absolute atomic E-state index is 14.0. The Morgan fingerprint density at radius 2 is 1.32 bits per heavy atom. The van der Waals surface area contributed by atoms with Gasteiger partial charge in [0.1, 0.15) is 5.82 Å². The molecule has 0 radical (unpaired) electrons. The second-order valence-corrected chi connectivity index (χ2v) is 14.9. The molecule has 4 atom stereocenters. The third kappa shape index (κ3) is 9.68. The number of nitrogens with zero attached hydrogens (tertiary/aromatic N) is 4. The van der Waals surface area contributed by atoms with E-state index in [0.29, 0.717) is 24.2 Å². The Morgan fingerprint density at radius 1 is 0.640 bits per heavy atom. The molecule has 0 amide bonds. The number of nitrogens with one attached hydrogen (secondary N) is 1. The van der Waals surface area contributed by atoms with Crippen molar-refractivity contribution in [2.45, 2.75) is 62.7 Å². The highest BCUT2D eigenvalue weighted by Gasteiger charge is 2.35. The molecule has 3 saturated heterocycles. The van der Waals surface area contributed by atoms with Crippen molar-refractivity contribution in [1.82, 2.24) is 24.9 Å². The van der Waals surface area contributed by atoms with E-state index in [-0.39, 0.29) is 5.82 Å². The van der Waals surface area contributed by atoms with Gasteiger partial charge in [0.05, 0.1) is 0 Å². The predicted molar refractivity (Wildman–Crippen MR) is 204 cm³/mol. The van der Waals surface area contributed by atoms with Crippen LogP contribution in [0.25, 0.3) is 0 Å². The van der Waals surface area contributed by atoms with Crippen LogP contribution in [0.2, 0.25) is 0 Å². The Hall–Kier alpha value is -3.39. The minimum atomic E-state index is -0.138. The van der Waals surface area contributed by atoms with E-state index in [1.54, 1.807) is 12.1 Å². The highest BCUT2D eigenvalue weighted by atomic mass is 19.1. The van der Waals surface area contributed by atoms with Gasteiger partial charge < -0.3 is 5.32 Å². The molecule has 6 heteroatoms. The molecule has 50 heavy (non-hydrogen) atoms. The first-order valence-electron chi connectivity index (χ1n) is 19.2. The highest BCUT2D eigenvalue weighted by Crippen LogP contribution is 2.25. The van der Waals surface area contributed by atoms with Gasteiger partial charge in [-0.15, -0.1) is 0 Å². The molecule has 1 N–H and O–H groups in total. The van der Waals surface area contributed by atoms with E-state index in [1.807, 2.05) is 6.07 Å². The largest absolute Gasteiger partial charge is 0.314 e. The van der Waals surface area contributed by atoms with Crippen LogP contribution in [0.15, 0.2) is 115 Å². The Labute approximate surface area is 300 Å². The summed E-state index contributed by atoms with van der Waals surface area (Å²) in [6.07, 6.45) is 6.70. The first kappa shape index (κ1) is 35.0. The molecule has 3 heterocycles. The molecule has 3 aliphatic heterocycles. The molecule has 0 bridgehead atoms. The minimum Gasteiger partial charge on any atom is -0.314 e. The lowest BCUT2D eigenvalue weighted by atomic mass is 9.97. The third-order valence-corrected chi connectivity index (χ3v) is 11.5. The Kier molecular flexibility index (Phi) is 12.4. The summed E-state index contributed by atoms with van der Waals surface area (Å²) in [6, 6.07) is 42.4. The molecule has 1 unspecified atom stereocenters. The van der Waals surface area contributed by atoms with Gasteiger partial charge in [0.15, 0.2) is 0 Å². The van der Waals surface area contributed by atoms with Gasteiger partial charge in [0, 0.05) is 83.1 Å². The number of rotatable bonds is 14. The van der Waals surface area contributed by atoms with Gasteiger partial charge >= 0.3 is 0 Å². The van der Waals surface area contributed by atoms with Crippen LogP contribution >= 0.6 is 0 Å². The van der Waals surface area contributed by atoms with E-state index in [0.717, 1.165) is 83.6 Å². The van der Waals surface area contributed by atoms with Gasteiger partial charge in [-0.05, 0) is 79.5 Å². The fourth-order valence-electron chi connectivity index (χ4n) is 8.80. The van der Waals surface area contributed by atoms with E-state index in [2.05, 4.69) is 122 Å². The summed E-state index contributed by atoms with van der Waals surface area (Å²) in [5.74, 6) is -0.138. The van der Waals surface area contributed by atoms with E-state index in [4.69, 9.17) is 0 Å². The Morgan fingerprint density at radius 3 is 2.04 bits per heavy atom. The van der Waals surface area contributed by atoms with Crippen molar-refractivity contribution < 1.29 is 4.39 Å². The normalized spacial score (nSPS) is 23.3. The average molecular weight is 674 g/mol. The van der Waals surface area contributed by atoms with Crippen LogP contribution in [0.3, 0.4) is 0 Å². The van der Waals surface area contributed by atoms with Crippen LogP contribution in [-0.4, -0.2) is 109 Å². The lowest BCUT2D eigenvalue weighted by Crippen LogP contribution is -2.60. The lowest BCUT2D eigenvalue weighted by Gasteiger charge is -2.46. The average Bonchev–Trinajstić information content (AvgIpc) is 3.59. The summed E-state index contributed by atoms with van der Waals surface area (Å²) in [7, 11) is 0. The summed E-state index contributed by atoms with van der Waals surface area (Å²) >= 11 is 0. The van der Waals surface area contributed by atoms with Crippen LogP contribution in [-0.2, 0) is 25.7 Å². The van der Waals surface area contributed by atoms with Gasteiger partial charge in [-0.25, -0.2) is 4.39 Å². The fourth-order valence-corrected chi connectivity index (χ4v) is 8.80. The zero-order valence-corrected chi connectivity index (χ0v) is 29.8.